The zero-order valence-electron chi connectivity index (χ0n) is 10.4. The topological polar surface area (TPSA) is 48.7 Å². The Morgan fingerprint density at radius 1 is 1.47 bits per heavy atom. The van der Waals surface area contributed by atoms with Crippen LogP contribution >= 0.6 is 11.6 Å². The molecule has 0 bridgehead atoms. The minimum atomic E-state index is -0.375. The maximum absolute atomic E-state index is 11.6. The Morgan fingerprint density at radius 3 is 2.95 bits per heavy atom. The molecule has 100 valence electrons. The molecule has 0 aliphatic carbocycles. The van der Waals surface area contributed by atoms with E-state index in [0.717, 1.165) is 10.9 Å². The summed E-state index contributed by atoms with van der Waals surface area (Å²) >= 11 is 5.53. The number of carbonyl (C=O) groups is 1. The number of halogens is 1. The lowest BCUT2D eigenvalue weighted by Gasteiger charge is -2.02. The van der Waals surface area contributed by atoms with Crippen molar-refractivity contribution < 1.29 is 18.7 Å². The van der Waals surface area contributed by atoms with Crippen LogP contribution in [-0.4, -0.2) is 19.7 Å². The highest BCUT2D eigenvalue weighted by molar-refractivity contribution is 6.29. The van der Waals surface area contributed by atoms with Gasteiger partial charge in [-0.25, -0.2) is 0 Å². The minimum Gasteiger partial charge on any atom is -0.497 e. The maximum Gasteiger partial charge on any atom is 0.310 e. The van der Waals surface area contributed by atoms with Gasteiger partial charge in [0.1, 0.15) is 17.9 Å². The zero-order valence-corrected chi connectivity index (χ0v) is 11.2. The first-order chi connectivity index (χ1) is 9.10. The Hall–Kier alpha value is -1.94. The van der Waals surface area contributed by atoms with Crippen LogP contribution in [0.5, 0.6) is 5.75 Å². The predicted octanol–water partition coefficient (Wildman–Crippen LogP) is 3.28. The van der Waals surface area contributed by atoms with Crippen LogP contribution < -0.4 is 4.74 Å². The molecule has 0 amide bonds. The van der Waals surface area contributed by atoms with E-state index in [4.69, 9.17) is 25.5 Å². The predicted molar refractivity (Wildman–Crippen MR) is 72.4 cm³/mol. The quantitative estimate of drug-likeness (QED) is 0.789. The molecule has 2 rings (SSSR count). The highest BCUT2D eigenvalue weighted by Crippen LogP contribution is 2.26. The molecule has 19 heavy (non-hydrogen) atoms. The van der Waals surface area contributed by atoms with Crippen molar-refractivity contribution in [3.63, 3.8) is 0 Å². The number of ether oxygens (including phenoxy) is 2. The van der Waals surface area contributed by atoms with E-state index in [9.17, 15) is 4.79 Å². The molecule has 0 aliphatic rings. The van der Waals surface area contributed by atoms with Crippen molar-refractivity contribution in [2.45, 2.75) is 6.42 Å². The smallest absolute Gasteiger partial charge is 0.310 e. The number of benzene rings is 1. The molecule has 1 aromatic carbocycles. The SMILES string of the molecule is C=C(Cl)COC(=O)Cc1coc2cc(OC)ccc12. The summed E-state index contributed by atoms with van der Waals surface area (Å²) in [5.74, 6) is 0.328. The normalized spacial score (nSPS) is 10.4. The van der Waals surface area contributed by atoms with Crippen LogP contribution in [0.1, 0.15) is 5.56 Å². The van der Waals surface area contributed by atoms with Crippen molar-refractivity contribution in [3.8, 4) is 5.75 Å². The van der Waals surface area contributed by atoms with Crippen molar-refractivity contribution >= 4 is 28.5 Å². The molecule has 5 heteroatoms. The summed E-state index contributed by atoms with van der Waals surface area (Å²) in [6, 6.07) is 5.43. The van der Waals surface area contributed by atoms with Gasteiger partial charge in [0.15, 0.2) is 0 Å². The summed E-state index contributed by atoms with van der Waals surface area (Å²) in [6.07, 6.45) is 1.67. The third-order valence-electron chi connectivity index (χ3n) is 2.59. The van der Waals surface area contributed by atoms with Crippen LogP contribution in [0, 0.1) is 0 Å². The number of hydrogen-bond acceptors (Lipinski definition) is 4. The summed E-state index contributed by atoms with van der Waals surface area (Å²) < 4.78 is 15.4. The van der Waals surface area contributed by atoms with Gasteiger partial charge >= 0.3 is 5.97 Å². The Kier molecular flexibility index (Phi) is 4.12. The summed E-state index contributed by atoms with van der Waals surface area (Å²) in [5.41, 5.74) is 1.44. The van der Waals surface area contributed by atoms with E-state index in [0.29, 0.717) is 11.3 Å². The Bertz CT molecular complexity index is 615. The fraction of sp³-hybridized carbons (Fsp3) is 0.214. The van der Waals surface area contributed by atoms with E-state index in [-0.39, 0.29) is 24.0 Å². The van der Waals surface area contributed by atoms with Gasteiger partial charge < -0.3 is 13.9 Å². The van der Waals surface area contributed by atoms with Crippen LogP contribution in [0.4, 0.5) is 0 Å². The molecule has 0 spiro atoms. The van der Waals surface area contributed by atoms with Crippen molar-refractivity contribution in [3.05, 3.63) is 41.6 Å². The Morgan fingerprint density at radius 2 is 2.26 bits per heavy atom. The second kappa shape index (κ2) is 5.80. The Labute approximate surface area is 115 Å². The summed E-state index contributed by atoms with van der Waals surface area (Å²) in [6.45, 7) is 3.47. The van der Waals surface area contributed by atoms with Crippen molar-refractivity contribution in [1.29, 1.82) is 0 Å². The van der Waals surface area contributed by atoms with Gasteiger partial charge in [0.2, 0.25) is 0 Å². The van der Waals surface area contributed by atoms with Gasteiger partial charge in [-0.2, -0.15) is 0 Å². The summed E-state index contributed by atoms with van der Waals surface area (Å²) in [5, 5.41) is 1.15. The molecule has 1 heterocycles. The molecule has 0 N–H and O–H groups in total. The molecule has 0 aliphatic heterocycles. The number of esters is 1. The number of fused-ring (bicyclic) bond motifs is 1. The highest BCUT2D eigenvalue weighted by Gasteiger charge is 2.12. The molecule has 0 unspecified atom stereocenters. The average molecular weight is 281 g/mol. The van der Waals surface area contributed by atoms with Gasteiger partial charge in [0.05, 0.1) is 19.8 Å². The third-order valence-corrected chi connectivity index (χ3v) is 2.70. The van der Waals surface area contributed by atoms with Crippen LogP contribution in [0.2, 0.25) is 0 Å². The lowest BCUT2D eigenvalue weighted by atomic mass is 10.1. The van der Waals surface area contributed by atoms with Gasteiger partial charge in [-0.3, -0.25) is 4.79 Å². The molecule has 4 nitrogen and oxygen atoms in total. The fourth-order valence-corrected chi connectivity index (χ4v) is 1.75. The fourth-order valence-electron chi connectivity index (χ4n) is 1.69. The van der Waals surface area contributed by atoms with E-state index >= 15 is 0 Å². The lowest BCUT2D eigenvalue weighted by molar-refractivity contribution is -0.141. The molecule has 0 saturated heterocycles. The van der Waals surface area contributed by atoms with Crippen LogP contribution in [0.15, 0.2) is 40.5 Å². The minimum absolute atomic E-state index is 0.0179. The second-order valence-corrected chi connectivity index (χ2v) is 4.51. The van der Waals surface area contributed by atoms with E-state index in [1.165, 1.54) is 0 Å². The molecule has 1 aromatic heterocycles. The first-order valence-electron chi connectivity index (χ1n) is 5.63. The van der Waals surface area contributed by atoms with Crippen molar-refractivity contribution in [2.75, 3.05) is 13.7 Å². The molecule has 0 fully saturated rings. The standard InChI is InChI=1S/C14H13ClO4/c1-9(15)7-19-14(16)5-10-8-18-13-6-11(17-2)3-4-12(10)13/h3-4,6,8H,1,5,7H2,2H3. The highest BCUT2D eigenvalue weighted by atomic mass is 35.5. The van der Waals surface area contributed by atoms with E-state index in [1.54, 1.807) is 19.4 Å². The first-order valence-corrected chi connectivity index (χ1v) is 6.01. The van der Waals surface area contributed by atoms with Gasteiger partial charge in [-0.15, -0.1) is 0 Å². The van der Waals surface area contributed by atoms with Gasteiger partial charge in [0, 0.05) is 22.0 Å². The second-order valence-electron chi connectivity index (χ2n) is 3.98. The lowest BCUT2D eigenvalue weighted by Crippen LogP contribution is -2.08. The molecular weight excluding hydrogens is 268 g/mol. The first kappa shape index (κ1) is 13.5. The van der Waals surface area contributed by atoms with Crippen molar-refractivity contribution in [2.24, 2.45) is 0 Å². The number of rotatable bonds is 5. The largest absolute Gasteiger partial charge is 0.497 e. The number of carbonyl (C=O) groups excluding carboxylic acids is 1. The molecule has 0 atom stereocenters. The van der Waals surface area contributed by atoms with Crippen LogP contribution in [0.25, 0.3) is 11.0 Å². The van der Waals surface area contributed by atoms with Crippen LogP contribution in [0.3, 0.4) is 0 Å². The van der Waals surface area contributed by atoms with Crippen molar-refractivity contribution in [1.82, 2.24) is 0 Å². The third kappa shape index (κ3) is 3.29. The van der Waals surface area contributed by atoms with Gasteiger partial charge in [0.25, 0.3) is 0 Å². The molecule has 0 saturated carbocycles. The monoisotopic (exact) mass is 280 g/mol. The van der Waals surface area contributed by atoms with Crippen LogP contribution in [-0.2, 0) is 16.0 Å². The molecular formula is C14H13ClO4. The summed E-state index contributed by atoms with van der Waals surface area (Å²) in [4.78, 5) is 11.6. The molecule has 0 radical (unpaired) electrons. The van der Waals surface area contributed by atoms with E-state index < -0.39 is 0 Å². The Balaban J connectivity index is 2.13. The van der Waals surface area contributed by atoms with Gasteiger partial charge in [-0.05, 0) is 12.1 Å². The summed E-state index contributed by atoms with van der Waals surface area (Å²) in [7, 11) is 1.58. The number of furan rings is 1. The van der Waals surface area contributed by atoms with Gasteiger partial charge in [-0.1, -0.05) is 18.2 Å². The maximum atomic E-state index is 11.6. The molecule has 2 aromatic rings. The zero-order chi connectivity index (χ0) is 13.8. The number of methoxy groups -OCH3 is 1. The van der Waals surface area contributed by atoms with E-state index in [1.807, 2.05) is 12.1 Å². The average Bonchev–Trinajstić information content (AvgIpc) is 2.78. The number of hydrogen-bond donors (Lipinski definition) is 0. The van der Waals surface area contributed by atoms with E-state index in [2.05, 4.69) is 6.58 Å².